The van der Waals surface area contributed by atoms with Gasteiger partial charge in [-0.25, -0.2) is 19.2 Å². The SMILES string of the molecule is CC1(C)CCCC2(C)C1CCC13OC(=O)C(O)(C4C(=CC=C5C(=O)OC6C5C5(O)C(=O)OC67CCC6C(C)(C)CCCC6(C)C75)C(=O)OC41)C23. The van der Waals surface area contributed by atoms with Crippen LogP contribution in [0.4, 0.5) is 0 Å². The van der Waals surface area contributed by atoms with Crippen molar-refractivity contribution in [2.24, 2.45) is 57.2 Å². The normalized spacial score (nSPS) is 57.3. The molecule has 270 valence electrons. The first kappa shape index (κ1) is 32.0. The number of allylic oxidation sites excluding steroid dienone is 2. The van der Waals surface area contributed by atoms with Gasteiger partial charge in [0, 0.05) is 23.0 Å². The highest BCUT2D eigenvalue weighted by Crippen LogP contribution is 2.76. The zero-order valence-corrected chi connectivity index (χ0v) is 30.0. The molecular weight excluding hydrogens is 640 g/mol. The highest BCUT2D eigenvalue weighted by molar-refractivity contribution is 6.00. The average molecular weight is 691 g/mol. The molecule has 6 saturated carbocycles. The molecular formula is C40H50O10. The van der Waals surface area contributed by atoms with Crippen molar-refractivity contribution < 1.29 is 48.3 Å². The predicted molar refractivity (Wildman–Crippen MR) is 174 cm³/mol. The molecule has 10 heteroatoms. The van der Waals surface area contributed by atoms with Crippen molar-refractivity contribution in [1.29, 1.82) is 0 Å². The van der Waals surface area contributed by atoms with E-state index >= 15 is 0 Å². The van der Waals surface area contributed by atoms with Crippen LogP contribution in [-0.4, -0.2) is 68.7 Å². The van der Waals surface area contributed by atoms with Gasteiger partial charge in [-0.05, 0) is 84.9 Å². The van der Waals surface area contributed by atoms with Crippen LogP contribution in [0.25, 0.3) is 0 Å². The highest BCUT2D eigenvalue weighted by Gasteiger charge is 2.89. The summed E-state index contributed by atoms with van der Waals surface area (Å²) in [5.41, 5.74) is -6.75. The van der Waals surface area contributed by atoms with Gasteiger partial charge in [0.05, 0.1) is 11.8 Å². The van der Waals surface area contributed by atoms with Gasteiger partial charge in [-0.15, -0.1) is 0 Å². The summed E-state index contributed by atoms with van der Waals surface area (Å²) < 4.78 is 24.3. The molecule has 0 amide bonds. The number of carbonyl (C=O) groups excluding carboxylic acids is 4. The Balaban J connectivity index is 1.06. The fourth-order valence-corrected chi connectivity index (χ4v) is 16.0. The zero-order chi connectivity index (χ0) is 35.4. The molecule has 14 atom stereocenters. The van der Waals surface area contributed by atoms with Crippen LogP contribution in [-0.2, 0) is 38.1 Å². The number of esters is 4. The molecule has 0 aromatic rings. The standard InChI is InChI=1S/C40H50O10/c1-33(2)13-7-15-35(5)21(33)11-17-37-25-23(39(45,29(35)37)31(43)49-37)19(27(41)47-25)9-10-20-24-26(48-28(20)42)38-18-12-22-34(3,4)14-8-16-36(22,6)30(38)40(24,46)32(44)50-38/h9-10,21-26,29-30,45-46H,7-8,11-18H2,1-6H3. The van der Waals surface area contributed by atoms with Gasteiger partial charge in [0.1, 0.15) is 0 Å². The summed E-state index contributed by atoms with van der Waals surface area (Å²) in [5, 5.41) is 25.3. The van der Waals surface area contributed by atoms with Crippen LogP contribution in [0.2, 0.25) is 0 Å². The summed E-state index contributed by atoms with van der Waals surface area (Å²) in [6.45, 7) is 13.4. The molecule has 4 saturated heterocycles. The van der Waals surface area contributed by atoms with Crippen LogP contribution in [0.1, 0.15) is 106 Å². The fourth-order valence-electron chi connectivity index (χ4n) is 16.0. The largest absolute Gasteiger partial charge is 0.454 e. The molecule has 10 aliphatic rings. The predicted octanol–water partition coefficient (Wildman–Crippen LogP) is 4.49. The molecule has 14 unspecified atom stereocenters. The number of hydrogen-bond acceptors (Lipinski definition) is 10. The van der Waals surface area contributed by atoms with Crippen molar-refractivity contribution in [2.45, 2.75) is 140 Å². The molecule has 4 heterocycles. The van der Waals surface area contributed by atoms with Crippen molar-refractivity contribution in [1.82, 2.24) is 0 Å². The smallest absolute Gasteiger partial charge is 0.340 e. The third-order valence-electron chi connectivity index (χ3n) is 17.2. The minimum atomic E-state index is -1.97. The van der Waals surface area contributed by atoms with E-state index in [1.54, 1.807) is 0 Å². The van der Waals surface area contributed by atoms with E-state index in [1.807, 2.05) is 0 Å². The second-order valence-electron chi connectivity index (χ2n) is 19.9. The minimum Gasteiger partial charge on any atom is -0.454 e. The number of fused-ring (bicyclic) bond motifs is 6. The Morgan fingerprint density at radius 3 is 1.34 bits per heavy atom. The van der Waals surface area contributed by atoms with Gasteiger partial charge >= 0.3 is 23.9 Å². The summed E-state index contributed by atoms with van der Waals surface area (Å²) in [6, 6.07) is 0. The number of carbonyl (C=O) groups is 4. The highest BCUT2D eigenvalue weighted by atomic mass is 16.6. The van der Waals surface area contributed by atoms with Gasteiger partial charge < -0.3 is 29.2 Å². The van der Waals surface area contributed by atoms with Crippen molar-refractivity contribution in [3.05, 3.63) is 23.3 Å². The summed E-state index contributed by atoms with van der Waals surface area (Å²) in [7, 11) is 0. The van der Waals surface area contributed by atoms with Gasteiger partial charge in [-0.3, -0.25) is 0 Å². The molecule has 0 radical (unpaired) electrons. The van der Waals surface area contributed by atoms with Crippen LogP contribution in [0, 0.1) is 57.2 Å². The van der Waals surface area contributed by atoms with Crippen LogP contribution in [0.3, 0.4) is 0 Å². The summed E-state index contributed by atoms with van der Waals surface area (Å²) in [4.78, 5) is 55.0. The van der Waals surface area contributed by atoms with E-state index in [-0.39, 0.29) is 33.8 Å². The first-order valence-corrected chi connectivity index (χ1v) is 19.1. The quantitative estimate of drug-likeness (QED) is 0.229. The molecule has 6 aliphatic carbocycles. The number of aliphatic hydroxyl groups is 2. The Bertz CT molecular complexity index is 1630. The molecule has 10 nitrogen and oxygen atoms in total. The van der Waals surface area contributed by atoms with E-state index in [0.717, 1.165) is 51.4 Å². The number of ether oxygens (including phenoxy) is 4. The summed E-state index contributed by atoms with van der Waals surface area (Å²) >= 11 is 0. The maximum absolute atomic E-state index is 13.8. The average Bonchev–Trinajstić information content (AvgIpc) is 3.76. The zero-order valence-electron chi connectivity index (χ0n) is 30.0. The van der Waals surface area contributed by atoms with E-state index < -0.39 is 93.0 Å². The second-order valence-corrected chi connectivity index (χ2v) is 19.9. The lowest BCUT2D eigenvalue weighted by Crippen LogP contribution is -2.61. The fraction of sp³-hybridized carbons (Fsp3) is 0.800. The lowest BCUT2D eigenvalue weighted by molar-refractivity contribution is -0.200. The minimum absolute atomic E-state index is 0.0213. The number of rotatable bonds is 1. The molecule has 0 aromatic carbocycles. The van der Waals surface area contributed by atoms with E-state index in [0.29, 0.717) is 12.8 Å². The van der Waals surface area contributed by atoms with Crippen LogP contribution < -0.4 is 0 Å². The third kappa shape index (κ3) is 3.14. The molecule has 0 aromatic heterocycles. The van der Waals surface area contributed by atoms with Crippen LogP contribution in [0.15, 0.2) is 23.3 Å². The monoisotopic (exact) mass is 690 g/mol. The van der Waals surface area contributed by atoms with Crippen molar-refractivity contribution >= 4 is 23.9 Å². The Labute approximate surface area is 292 Å². The Kier molecular flexibility index (Phi) is 5.69. The Morgan fingerprint density at radius 1 is 0.580 bits per heavy atom. The van der Waals surface area contributed by atoms with Gasteiger partial charge in [0.25, 0.3) is 0 Å². The van der Waals surface area contributed by atoms with Gasteiger partial charge in [-0.1, -0.05) is 66.5 Å². The van der Waals surface area contributed by atoms with Gasteiger partial charge in [-0.2, -0.15) is 0 Å². The van der Waals surface area contributed by atoms with Crippen LogP contribution >= 0.6 is 0 Å². The first-order valence-electron chi connectivity index (χ1n) is 19.1. The first-order chi connectivity index (χ1) is 23.3. The molecule has 0 spiro atoms. The maximum atomic E-state index is 13.8. The summed E-state index contributed by atoms with van der Waals surface area (Å²) in [5.74, 6) is -5.27. The van der Waals surface area contributed by atoms with E-state index in [2.05, 4.69) is 41.5 Å². The number of hydrogen-bond donors (Lipinski definition) is 2. The molecule has 50 heavy (non-hydrogen) atoms. The topological polar surface area (TPSA) is 146 Å². The van der Waals surface area contributed by atoms with Gasteiger partial charge in [0.15, 0.2) is 34.6 Å². The van der Waals surface area contributed by atoms with E-state index in [9.17, 15) is 29.4 Å². The molecule has 2 N–H and O–H groups in total. The Morgan fingerprint density at radius 2 is 0.960 bits per heavy atom. The molecule has 10 rings (SSSR count). The van der Waals surface area contributed by atoms with Crippen LogP contribution in [0.5, 0.6) is 0 Å². The van der Waals surface area contributed by atoms with E-state index in [4.69, 9.17) is 18.9 Å². The summed E-state index contributed by atoms with van der Waals surface area (Å²) in [6.07, 6.45) is 9.63. The Hall–Kier alpha value is -2.72. The molecule has 4 bridgehead atoms. The van der Waals surface area contributed by atoms with Crippen molar-refractivity contribution in [3.8, 4) is 0 Å². The molecule has 10 fully saturated rings. The molecule has 4 aliphatic heterocycles. The maximum Gasteiger partial charge on any atom is 0.340 e. The van der Waals surface area contributed by atoms with Crippen molar-refractivity contribution in [2.75, 3.05) is 0 Å². The van der Waals surface area contributed by atoms with Crippen molar-refractivity contribution in [3.63, 3.8) is 0 Å². The van der Waals surface area contributed by atoms with Gasteiger partial charge in [0.2, 0.25) is 0 Å². The third-order valence-corrected chi connectivity index (χ3v) is 17.2. The lowest BCUT2D eigenvalue weighted by atomic mass is 9.45. The lowest BCUT2D eigenvalue weighted by Gasteiger charge is -2.60. The van der Waals surface area contributed by atoms with E-state index in [1.165, 1.54) is 12.2 Å². The second kappa shape index (κ2) is 8.90.